The number of aromatic nitrogens is 2. The maximum Gasteiger partial charge on any atom is 0.180 e. The van der Waals surface area contributed by atoms with E-state index >= 15 is 0 Å². The van der Waals surface area contributed by atoms with Crippen LogP contribution in [0.1, 0.15) is 0 Å². The summed E-state index contributed by atoms with van der Waals surface area (Å²) in [5.41, 5.74) is 9.77. The molecule has 6 aromatic carbocycles. The van der Waals surface area contributed by atoms with Crippen molar-refractivity contribution in [1.29, 1.82) is 0 Å². The normalized spacial score (nSPS) is 11.4. The highest BCUT2D eigenvalue weighted by atomic mass is 16.3. The van der Waals surface area contributed by atoms with Crippen LogP contribution in [0.5, 0.6) is 0 Å². The third-order valence-corrected chi connectivity index (χ3v) is 7.68. The summed E-state index contributed by atoms with van der Waals surface area (Å²) >= 11 is 0. The molecule has 0 saturated carbocycles. The molecule has 3 heteroatoms. The SMILES string of the molecule is c1ccc(-c2cccc(-c3cccc(-c4nc(-c5ccccc5)nc5c4oc4c6ccccc6ccc54)c3)c2)cc1. The average molecular weight is 525 g/mol. The van der Waals surface area contributed by atoms with Crippen molar-refractivity contribution in [2.75, 3.05) is 0 Å². The van der Waals surface area contributed by atoms with Crippen molar-refractivity contribution in [2.45, 2.75) is 0 Å². The van der Waals surface area contributed by atoms with Crippen molar-refractivity contribution in [3.8, 4) is 44.9 Å². The van der Waals surface area contributed by atoms with E-state index in [-0.39, 0.29) is 0 Å². The Labute approximate surface area is 237 Å². The van der Waals surface area contributed by atoms with E-state index in [1.54, 1.807) is 0 Å². The van der Waals surface area contributed by atoms with Gasteiger partial charge in [-0.2, -0.15) is 0 Å². The second-order valence-corrected chi connectivity index (χ2v) is 10.2. The quantitative estimate of drug-likeness (QED) is 0.230. The molecular weight excluding hydrogens is 500 g/mol. The molecule has 2 aromatic heterocycles. The number of hydrogen-bond donors (Lipinski definition) is 0. The Morgan fingerprint density at radius 3 is 1.73 bits per heavy atom. The van der Waals surface area contributed by atoms with E-state index in [1.165, 1.54) is 11.1 Å². The van der Waals surface area contributed by atoms with Gasteiger partial charge in [0, 0.05) is 21.9 Å². The predicted molar refractivity (Wildman–Crippen MR) is 169 cm³/mol. The van der Waals surface area contributed by atoms with Crippen LogP contribution in [0.2, 0.25) is 0 Å². The molecule has 0 amide bonds. The molecule has 0 radical (unpaired) electrons. The van der Waals surface area contributed by atoms with Gasteiger partial charge < -0.3 is 4.42 Å². The van der Waals surface area contributed by atoms with Crippen LogP contribution >= 0.6 is 0 Å². The van der Waals surface area contributed by atoms with Crippen LogP contribution in [0.25, 0.3) is 77.7 Å². The zero-order valence-electron chi connectivity index (χ0n) is 22.2. The third-order valence-electron chi connectivity index (χ3n) is 7.68. The van der Waals surface area contributed by atoms with E-state index in [2.05, 4.69) is 97.1 Å². The summed E-state index contributed by atoms with van der Waals surface area (Å²) in [6, 6.07) is 50.4. The first-order valence-electron chi connectivity index (χ1n) is 13.8. The molecule has 0 saturated heterocycles. The van der Waals surface area contributed by atoms with Gasteiger partial charge in [-0.1, -0.05) is 127 Å². The predicted octanol–water partition coefficient (Wildman–Crippen LogP) is 10.2. The molecule has 41 heavy (non-hydrogen) atoms. The van der Waals surface area contributed by atoms with Crippen molar-refractivity contribution in [3.05, 3.63) is 146 Å². The van der Waals surface area contributed by atoms with Gasteiger partial charge in [0.25, 0.3) is 0 Å². The van der Waals surface area contributed by atoms with Gasteiger partial charge in [0.05, 0.1) is 0 Å². The van der Waals surface area contributed by atoms with Gasteiger partial charge in [-0.3, -0.25) is 0 Å². The molecule has 0 aliphatic rings. The van der Waals surface area contributed by atoms with E-state index in [0.717, 1.165) is 55.2 Å². The third kappa shape index (κ3) is 4.07. The molecule has 0 aliphatic heterocycles. The second kappa shape index (κ2) is 9.58. The van der Waals surface area contributed by atoms with Gasteiger partial charge in [-0.15, -0.1) is 0 Å². The van der Waals surface area contributed by atoms with E-state index in [0.29, 0.717) is 11.4 Å². The first-order chi connectivity index (χ1) is 20.3. The maximum atomic E-state index is 6.64. The summed E-state index contributed by atoms with van der Waals surface area (Å²) in [6.45, 7) is 0. The summed E-state index contributed by atoms with van der Waals surface area (Å²) in [6.07, 6.45) is 0. The van der Waals surface area contributed by atoms with Crippen LogP contribution in [-0.2, 0) is 0 Å². The van der Waals surface area contributed by atoms with Crippen molar-refractivity contribution < 1.29 is 4.42 Å². The van der Waals surface area contributed by atoms with Crippen molar-refractivity contribution in [2.24, 2.45) is 0 Å². The van der Waals surface area contributed by atoms with E-state index in [1.807, 2.05) is 48.5 Å². The van der Waals surface area contributed by atoms with E-state index in [4.69, 9.17) is 14.4 Å². The van der Waals surface area contributed by atoms with Gasteiger partial charge in [-0.05, 0) is 45.8 Å². The Balaban J connectivity index is 1.35. The lowest BCUT2D eigenvalue weighted by molar-refractivity contribution is 0.671. The van der Waals surface area contributed by atoms with Gasteiger partial charge in [-0.25, -0.2) is 9.97 Å². The zero-order chi connectivity index (χ0) is 27.2. The number of nitrogens with zero attached hydrogens (tertiary/aromatic N) is 2. The lowest BCUT2D eigenvalue weighted by Gasteiger charge is -2.09. The van der Waals surface area contributed by atoms with Crippen molar-refractivity contribution in [3.63, 3.8) is 0 Å². The Morgan fingerprint density at radius 2 is 0.976 bits per heavy atom. The van der Waals surface area contributed by atoms with Gasteiger partial charge in [0.15, 0.2) is 11.4 Å². The summed E-state index contributed by atoms with van der Waals surface area (Å²) in [7, 11) is 0. The average Bonchev–Trinajstić information content (AvgIpc) is 3.44. The maximum absolute atomic E-state index is 6.64. The minimum absolute atomic E-state index is 0.681. The molecule has 0 bridgehead atoms. The second-order valence-electron chi connectivity index (χ2n) is 10.2. The van der Waals surface area contributed by atoms with Crippen LogP contribution in [0.4, 0.5) is 0 Å². The molecule has 3 nitrogen and oxygen atoms in total. The lowest BCUT2D eigenvalue weighted by Crippen LogP contribution is -1.94. The molecule has 8 rings (SSSR count). The van der Waals surface area contributed by atoms with Gasteiger partial charge >= 0.3 is 0 Å². The number of fused-ring (bicyclic) bond motifs is 5. The Bertz CT molecular complexity index is 2200. The van der Waals surface area contributed by atoms with E-state index in [9.17, 15) is 0 Å². The zero-order valence-corrected chi connectivity index (χ0v) is 22.2. The molecule has 192 valence electrons. The standard InChI is InChI=1S/C38H24N2O/c1-3-11-25(12-4-1)28-16-9-17-29(23-28)30-18-10-19-31(24-30)34-37-35(40-38(39-34)27-14-5-2-6-15-27)33-22-21-26-13-7-8-20-32(26)36(33)41-37/h1-24H. The molecule has 0 fully saturated rings. The summed E-state index contributed by atoms with van der Waals surface area (Å²) in [5.74, 6) is 0.681. The summed E-state index contributed by atoms with van der Waals surface area (Å²) in [4.78, 5) is 10.2. The van der Waals surface area contributed by atoms with Crippen LogP contribution < -0.4 is 0 Å². The van der Waals surface area contributed by atoms with Crippen LogP contribution in [-0.4, -0.2) is 9.97 Å². The summed E-state index contributed by atoms with van der Waals surface area (Å²) in [5, 5.41) is 3.20. The van der Waals surface area contributed by atoms with Crippen LogP contribution in [0.3, 0.4) is 0 Å². The molecule has 0 unspecified atom stereocenters. The minimum Gasteiger partial charge on any atom is -0.451 e. The minimum atomic E-state index is 0.681. The first-order valence-corrected chi connectivity index (χ1v) is 13.8. The Hall–Kier alpha value is -5.54. The van der Waals surface area contributed by atoms with Gasteiger partial charge in [0.2, 0.25) is 0 Å². The number of hydrogen-bond acceptors (Lipinski definition) is 3. The Kier molecular flexibility index (Phi) is 5.46. The fraction of sp³-hybridized carbons (Fsp3) is 0. The monoisotopic (exact) mass is 524 g/mol. The van der Waals surface area contributed by atoms with Crippen molar-refractivity contribution >= 4 is 32.8 Å². The highest BCUT2D eigenvalue weighted by molar-refractivity contribution is 6.15. The van der Waals surface area contributed by atoms with Crippen LogP contribution in [0, 0.1) is 0 Å². The molecular formula is C38H24N2O. The number of rotatable bonds is 4. The van der Waals surface area contributed by atoms with Gasteiger partial charge in [0.1, 0.15) is 16.8 Å². The smallest absolute Gasteiger partial charge is 0.180 e. The topological polar surface area (TPSA) is 38.9 Å². The number of furan rings is 1. The fourth-order valence-electron chi connectivity index (χ4n) is 5.64. The molecule has 0 N–H and O–H groups in total. The molecule has 0 atom stereocenters. The summed E-state index contributed by atoms with van der Waals surface area (Å²) < 4.78 is 6.64. The largest absolute Gasteiger partial charge is 0.451 e. The van der Waals surface area contributed by atoms with Crippen LogP contribution in [0.15, 0.2) is 150 Å². The molecule has 8 aromatic rings. The van der Waals surface area contributed by atoms with Crippen molar-refractivity contribution in [1.82, 2.24) is 9.97 Å². The molecule has 0 spiro atoms. The highest BCUT2D eigenvalue weighted by Gasteiger charge is 2.19. The highest BCUT2D eigenvalue weighted by Crippen LogP contribution is 2.39. The number of benzene rings is 6. The Morgan fingerprint density at radius 1 is 0.390 bits per heavy atom. The molecule has 0 aliphatic carbocycles. The van der Waals surface area contributed by atoms with E-state index < -0.39 is 0 Å². The lowest BCUT2D eigenvalue weighted by atomic mass is 9.97. The first kappa shape index (κ1) is 23.4. The fourth-order valence-corrected chi connectivity index (χ4v) is 5.64. The molecule has 2 heterocycles.